The summed E-state index contributed by atoms with van der Waals surface area (Å²) in [4.78, 5) is 27.6. The van der Waals surface area contributed by atoms with Gasteiger partial charge >= 0.3 is 0 Å². The molecule has 0 unspecified atom stereocenters. The number of anilines is 2. The summed E-state index contributed by atoms with van der Waals surface area (Å²) in [5.41, 5.74) is 3.83. The van der Waals surface area contributed by atoms with Gasteiger partial charge in [-0.25, -0.2) is 14.9 Å². The fraction of sp³-hybridized carbons (Fsp3) is 0.440. The van der Waals surface area contributed by atoms with Crippen molar-refractivity contribution in [2.45, 2.75) is 19.4 Å². The van der Waals surface area contributed by atoms with E-state index in [4.69, 9.17) is 16.4 Å². The van der Waals surface area contributed by atoms with Crippen LogP contribution in [-0.4, -0.2) is 71.6 Å². The van der Waals surface area contributed by atoms with Gasteiger partial charge in [0.05, 0.1) is 40.4 Å². The maximum Gasteiger partial charge on any atom is 0.277 e. The summed E-state index contributed by atoms with van der Waals surface area (Å²) in [6.07, 6.45) is 3.82. The van der Waals surface area contributed by atoms with Crippen LogP contribution in [0.2, 0.25) is 5.02 Å². The summed E-state index contributed by atoms with van der Waals surface area (Å²) in [7, 11) is 2.12. The van der Waals surface area contributed by atoms with Crippen molar-refractivity contribution in [1.29, 1.82) is 0 Å². The van der Waals surface area contributed by atoms with Crippen LogP contribution in [0.1, 0.15) is 23.2 Å². The second-order valence-electron chi connectivity index (χ2n) is 9.50. The topological polar surface area (TPSA) is 74.7 Å². The third-order valence-corrected chi connectivity index (χ3v) is 7.53. The van der Waals surface area contributed by atoms with Crippen LogP contribution in [0.3, 0.4) is 0 Å². The predicted molar refractivity (Wildman–Crippen MR) is 142 cm³/mol. The van der Waals surface area contributed by atoms with E-state index in [2.05, 4.69) is 48.6 Å². The molecule has 0 radical (unpaired) electrons. The normalized spacial score (nSPS) is 17.0. The molecule has 0 bridgehead atoms. The molecule has 1 amide bonds. The number of imidazole rings is 1. The van der Waals surface area contributed by atoms with Crippen LogP contribution in [-0.2, 0) is 11.4 Å². The molecule has 8 nitrogen and oxygen atoms in total. The number of carbonyl (C=O) groups is 1. The Morgan fingerprint density at radius 2 is 2.00 bits per heavy atom. The Kier molecular flexibility index (Phi) is 7.78. The number of benzene rings is 2. The van der Waals surface area contributed by atoms with Crippen molar-refractivity contribution in [3.05, 3.63) is 51.5 Å². The summed E-state index contributed by atoms with van der Waals surface area (Å²) in [6.45, 7) is 5.94. The third kappa shape index (κ3) is 5.84. The van der Waals surface area contributed by atoms with Gasteiger partial charge in [-0.2, -0.15) is 0 Å². The van der Waals surface area contributed by atoms with Crippen molar-refractivity contribution in [3.8, 4) is 0 Å². The molecule has 3 aromatic rings. The number of halogens is 3. The second-order valence-corrected chi connectivity index (χ2v) is 10.8. The van der Waals surface area contributed by atoms with E-state index in [1.807, 2.05) is 4.57 Å². The van der Waals surface area contributed by atoms with Gasteiger partial charge in [-0.1, -0.05) is 27.5 Å². The summed E-state index contributed by atoms with van der Waals surface area (Å²) in [6, 6.07) is 6.87. The van der Waals surface area contributed by atoms with Crippen LogP contribution in [0.4, 0.5) is 15.8 Å². The molecule has 2 aromatic carbocycles. The molecular formula is C25H29BrClFN6O2. The molecular weight excluding hydrogens is 551 g/mol. The van der Waals surface area contributed by atoms with Crippen molar-refractivity contribution < 1.29 is 14.0 Å². The standard InChI is InChI=1S/C25H29BrClFN6O2/c1-32-6-8-33(9-7-32)10-11-34-15-29-24-21(34)13-18(25(35)31-36-14-16-2-3-16)23(22(24)28)30-20-5-4-17(26)12-19(20)27/h4-5,12-13,15-16,30H,2-3,6-11,14H2,1H3,(H,31,35). The van der Waals surface area contributed by atoms with Crippen molar-refractivity contribution in [2.24, 2.45) is 5.92 Å². The minimum absolute atomic E-state index is 0.00330. The van der Waals surface area contributed by atoms with Crippen molar-refractivity contribution in [3.63, 3.8) is 0 Å². The van der Waals surface area contributed by atoms with Crippen molar-refractivity contribution in [1.82, 2.24) is 24.8 Å². The number of likely N-dealkylation sites (N-methyl/N-ethyl adjacent to an activating group) is 1. The van der Waals surface area contributed by atoms with Crippen LogP contribution >= 0.6 is 27.5 Å². The Balaban J connectivity index is 1.44. The molecule has 5 rings (SSSR count). The average molecular weight is 580 g/mol. The molecule has 36 heavy (non-hydrogen) atoms. The highest BCUT2D eigenvalue weighted by Crippen LogP contribution is 2.34. The third-order valence-electron chi connectivity index (χ3n) is 6.73. The molecule has 0 spiro atoms. The average Bonchev–Trinajstić information content (AvgIpc) is 3.59. The smallest absolute Gasteiger partial charge is 0.277 e. The number of hydroxylamine groups is 1. The maximum atomic E-state index is 15.9. The first kappa shape index (κ1) is 25.4. The van der Waals surface area contributed by atoms with Gasteiger partial charge < -0.3 is 14.8 Å². The van der Waals surface area contributed by atoms with Crippen LogP contribution in [0, 0.1) is 11.7 Å². The van der Waals surface area contributed by atoms with E-state index >= 15 is 4.39 Å². The van der Waals surface area contributed by atoms with E-state index in [0.717, 1.165) is 50.0 Å². The SMILES string of the molecule is CN1CCN(CCn2cnc3c(F)c(Nc4ccc(Br)cc4Cl)c(C(=O)NOCC4CC4)cc32)CC1. The zero-order chi connectivity index (χ0) is 25.2. The first-order valence-corrected chi connectivity index (χ1v) is 13.3. The molecule has 1 aromatic heterocycles. The van der Waals surface area contributed by atoms with Crippen molar-refractivity contribution >= 4 is 55.8 Å². The zero-order valence-corrected chi connectivity index (χ0v) is 22.4. The monoisotopic (exact) mass is 578 g/mol. The molecule has 1 saturated heterocycles. The van der Waals surface area contributed by atoms with Gasteiger partial charge in [0.2, 0.25) is 0 Å². The molecule has 1 aliphatic carbocycles. The zero-order valence-electron chi connectivity index (χ0n) is 20.1. The fourth-order valence-electron chi connectivity index (χ4n) is 4.25. The summed E-state index contributed by atoms with van der Waals surface area (Å²) >= 11 is 9.74. The van der Waals surface area contributed by atoms with E-state index in [9.17, 15) is 4.79 Å². The van der Waals surface area contributed by atoms with Gasteiger partial charge in [0.1, 0.15) is 5.52 Å². The molecule has 0 atom stereocenters. The minimum Gasteiger partial charge on any atom is -0.351 e. The number of fused-ring (bicyclic) bond motifs is 1. The number of hydrogen-bond acceptors (Lipinski definition) is 6. The Hall–Kier alpha value is -2.24. The number of amides is 1. The number of aromatic nitrogens is 2. The van der Waals surface area contributed by atoms with Crippen LogP contribution in [0.5, 0.6) is 0 Å². The minimum atomic E-state index is -0.614. The molecule has 2 aliphatic rings. The van der Waals surface area contributed by atoms with Crippen LogP contribution < -0.4 is 10.8 Å². The lowest BCUT2D eigenvalue weighted by molar-refractivity contribution is 0.0271. The summed E-state index contributed by atoms with van der Waals surface area (Å²) in [5, 5.41) is 3.40. The number of piperazine rings is 1. The first-order valence-electron chi connectivity index (χ1n) is 12.1. The molecule has 2 heterocycles. The predicted octanol–water partition coefficient (Wildman–Crippen LogP) is 4.65. The molecule has 1 aliphatic heterocycles. The highest BCUT2D eigenvalue weighted by atomic mass is 79.9. The van der Waals surface area contributed by atoms with Gasteiger partial charge in [0, 0.05) is 43.7 Å². The van der Waals surface area contributed by atoms with Crippen LogP contribution in [0.25, 0.3) is 11.0 Å². The Morgan fingerprint density at radius 3 is 2.72 bits per heavy atom. The van der Waals surface area contributed by atoms with Crippen molar-refractivity contribution in [2.75, 3.05) is 51.7 Å². The number of nitrogens with zero attached hydrogens (tertiary/aromatic N) is 4. The lowest BCUT2D eigenvalue weighted by atomic mass is 10.1. The second kappa shape index (κ2) is 11.0. The molecule has 192 valence electrons. The van der Waals surface area contributed by atoms with E-state index in [1.165, 1.54) is 0 Å². The van der Waals surface area contributed by atoms with Gasteiger partial charge in [0.25, 0.3) is 5.91 Å². The fourth-order valence-corrected chi connectivity index (χ4v) is 4.97. The molecule has 2 fully saturated rings. The first-order chi connectivity index (χ1) is 17.4. The lowest BCUT2D eigenvalue weighted by Crippen LogP contribution is -2.45. The number of nitrogens with one attached hydrogen (secondary N) is 2. The Labute approximate surface area is 222 Å². The van der Waals surface area contributed by atoms with Gasteiger partial charge in [-0.05, 0) is 50.1 Å². The molecule has 1 saturated carbocycles. The van der Waals surface area contributed by atoms with E-state index in [0.29, 0.717) is 35.3 Å². The highest BCUT2D eigenvalue weighted by Gasteiger charge is 2.25. The number of carbonyl (C=O) groups excluding carboxylic acids is 1. The Bertz CT molecular complexity index is 1260. The van der Waals surface area contributed by atoms with Crippen LogP contribution in [0.15, 0.2) is 35.1 Å². The number of rotatable bonds is 9. The van der Waals surface area contributed by atoms with Gasteiger partial charge in [-0.3, -0.25) is 14.5 Å². The molecule has 11 heteroatoms. The molecule has 2 N–H and O–H groups in total. The van der Waals surface area contributed by atoms with E-state index in [-0.39, 0.29) is 16.8 Å². The van der Waals surface area contributed by atoms with Gasteiger partial charge in [-0.15, -0.1) is 0 Å². The largest absolute Gasteiger partial charge is 0.351 e. The number of hydrogen-bond donors (Lipinski definition) is 2. The lowest BCUT2D eigenvalue weighted by Gasteiger charge is -2.32. The van der Waals surface area contributed by atoms with Gasteiger partial charge in [0.15, 0.2) is 5.82 Å². The quantitative estimate of drug-likeness (QED) is 0.360. The maximum absolute atomic E-state index is 15.9. The Morgan fingerprint density at radius 1 is 1.22 bits per heavy atom. The summed E-state index contributed by atoms with van der Waals surface area (Å²) in [5.74, 6) is -0.670. The summed E-state index contributed by atoms with van der Waals surface area (Å²) < 4.78 is 18.6. The highest BCUT2D eigenvalue weighted by molar-refractivity contribution is 9.10. The van der Waals surface area contributed by atoms with E-state index < -0.39 is 11.7 Å². The van der Waals surface area contributed by atoms with E-state index in [1.54, 1.807) is 30.6 Å².